The van der Waals surface area contributed by atoms with Crippen molar-refractivity contribution in [2.24, 2.45) is 7.05 Å². The number of para-hydroxylation sites is 1. The quantitative estimate of drug-likeness (QED) is 0.166. The lowest BCUT2D eigenvalue weighted by Crippen LogP contribution is -2.32. The third-order valence-electron chi connectivity index (χ3n) is 10.4. The van der Waals surface area contributed by atoms with E-state index in [-0.39, 0.29) is 0 Å². The van der Waals surface area contributed by atoms with Crippen molar-refractivity contribution >= 4 is 64.6 Å². The van der Waals surface area contributed by atoms with Crippen LogP contribution in [-0.2, 0) is 7.05 Å². The molecule has 0 fully saturated rings. The van der Waals surface area contributed by atoms with Gasteiger partial charge in [-0.05, 0) is 132 Å². The van der Waals surface area contributed by atoms with Crippen LogP contribution < -0.4 is 4.57 Å². The first-order valence-corrected chi connectivity index (χ1v) is 17.3. The van der Waals surface area contributed by atoms with Crippen LogP contribution >= 0.6 is 0 Å². The smallest absolute Gasteiger partial charge is 0.230 e. The maximum absolute atomic E-state index is 2.35. The molecular formula is C48H37N2+. The molecule has 0 aliphatic heterocycles. The Labute approximate surface area is 292 Å². The highest BCUT2D eigenvalue weighted by Crippen LogP contribution is 2.30. The average molecular weight is 642 g/mol. The summed E-state index contributed by atoms with van der Waals surface area (Å²) in [6, 6.07) is 60.4. The summed E-state index contributed by atoms with van der Waals surface area (Å²) < 4.78 is 4.63. The highest BCUT2D eigenvalue weighted by Gasteiger charge is 2.21. The van der Waals surface area contributed by atoms with Crippen LogP contribution in [0.25, 0.3) is 81.6 Å². The standard InChI is InChI=1S/C48H37N2/c1-32-11-4-5-22-47(32)50-31-48(49(3)33(50)2)46-29-44-28-45(30-46)43-21-10-19-41(27-43)39-17-8-15-37(25-39)35-13-6-12-34(23-35)36-14-7-16-38(24-36)40-18-9-20-42(44)26-40/h4-31H,1-3H3/q+1. The van der Waals surface area contributed by atoms with Gasteiger partial charge in [0.15, 0.2) is 5.69 Å². The van der Waals surface area contributed by atoms with Crippen molar-refractivity contribution < 1.29 is 4.57 Å². The van der Waals surface area contributed by atoms with E-state index in [1.165, 1.54) is 93.0 Å². The van der Waals surface area contributed by atoms with Crippen LogP contribution in [0.1, 0.15) is 11.4 Å². The third-order valence-corrected chi connectivity index (χ3v) is 10.4. The minimum atomic E-state index is 1.17. The first-order valence-electron chi connectivity index (χ1n) is 17.3. The Bertz CT molecular complexity index is 2770. The number of nitrogens with zero attached hydrogens (tertiary/aromatic N) is 2. The predicted molar refractivity (Wildman–Crippen MR) is 213 cm³/mol. The van der Waals surface area contributed by atoms with E-state index in [4.69, 9.17) is 0 Å². The van der Waals surface area contributed by atoms with Gasteiger partial charge in [0.1, 0.15) is 11.9 Å². The molecule has 0 spiro atoms. The maximum atomic E-state index is 2.35. The first kappa shape index (κ1) is 29.9. The third kappa shape index (κ3) is 5.27. The minimum absolute atomic E-state index is 1.17. The number of hydrogen-bond acceptors (Lipinski definition) is 0. The zero-order chi connectivity index (χ0) is 33.8. The van der Waals surface area contributed by atoms with Crippen LogP contribution in [0.4, 0.5) is 0 Å². The lowest BCUT2D eigenvalue weighted by atomic mass is 10.00. The Morgan fingerprint density at radius 1 is 0.380 bits per heavy atom. The van der Waals surface area contributed by atoms with Gasteiger partial charge in [-0.25, -0.2) is 4.57 Å². The van der Waals surface area contributed by atoms with Crippen LogP contribution in [0.15, 0.2) is 170 Å². The average Bonchev–Trinajstić information content (AvgIpc) is 3.47. The van der Waals surface area contributed by atoms with Crippen molar-refractivity contribution in [3.8, 4) is 16.9 Å². The van der Waals surface area contributed by atoms with Crippen molar-refractivity contribution in [1.29, 1.82) is 0 Å². The molecular weight excluding hydrogens is 605 g/mol. The number of hydrogen-bond donors (Lipinski definition) is 0. The van der Waals surface area contributed by atoms with Gasteiger partial charge in [-0.15, -0.1) is 0 Å². The van der Waals surface area contributed by atoms with Gasteiger partial charge in [-0.3, -0.25) is 0 Å². The van der Waals surface area contributed by atoms with E-state index >= 15 is 0 Å². The van der Waals surface area contributed by atoms with Crippen molar-refractivity contribution in [3.05, 3.63) is 181 Å². The van der Waals surface area contributed by atoms with Gasteiger partial charge in [0, 0.05) is 12.5 Å². The molecule has 8 aromatic carbocycles. The fraction of sp³-hybridized carbons (Fsp3) is 0.0625. The summed E-state index contributed by atoms with van der Waals surface area (Å²) in [4.78, 5) is 0. The number of fused-ring (bicyclic) bond motifs is 18. The highest BCUT2D eigenvalue weighted by molar-refractivity contribution is 6.02. The van der Waals surface area contributed by atoms with Crippen molar-refractivity contribution in [2.45, 2.75) is 13.8 Å². The molecule has 0 N–H and O–H groups in total. The molecule has 0 atom stereocenters. The molecule has 2 nitrogen and oxygen atoms in total. The van der Waals surface area contributed by atoms with Crippen molar-refractivity contribution in [2.75, 3.05) is 0 Å². The summed E-state index contributed by atoms with van der Waals surface area (Å²) in [5.74, 6) is 1.18. The SMILES string of the molecule is Cc1ccccc1-n1cc(-c2cc3cc(c2)c2cccc(c2)c2cccc(c2)c2cccc(c2)c2cccc(c2)c2cccc3c2)[n+](C)c1C. The molecule has 1 heterocycles. The Morgan fingerprint density at radius 2 is 0.720 bits per heavy atom. The Balaban J connectivity index is 1.42. The van der Waals surface area contributed by atoms with Gasteiger partial charge < -0.3 is 0 Å². The fourth-order valence-corrected chi connectivity index (χ4v) is 7.48. The first-order chi connectivity index (χ1) is 24.5. The van der Waals surface area contributed by atoms with Crippen LogP contribution in [0.5, 0.6) is 0 Å². The summed E-state index contributed by atoms with van der Waals surface area (Å²) in [5, 5.41) is 14.5. The monoisotopic (exact) mass is 641 g/mol. The normalized spacial score (nSPS) is 11.5. The lowest BCUT2D eigenvalue weighted by Gasteiger charge is -2.05. The fourth-order valence-electron chi connectivity index (χ4n) is 7.48. The van der Waals surface area contributed by atoms with E-state index in [0.29, 0.717) is 0 Å². The van der Waals surface area contributed by atoms with E-state index < -0.39 is 0 Å². The zero-order valence-corrected chi connectivity index (χ0v) is 28.6. The summed E-state index contributed by atoms with van der Waals surface area (Å²) in [6.45, 7) is 4.37. The van der Waals surface area contributed by atoms with Crippen LogP contribution in [0.3, 0.4) is 0 Å². The molecule has 9 rings (SSSR count). The second-order valence-electron chi connectivity index (χ2n) is 13.5. The second-order valence-corrected chi connectivity index (χ2v) is 13.5. The Kier molecular flexibility index (Phi) is 7.17. The van der Waals surface area contributed by atoms with Crippen LogP contribution in [0, 0.1) is 13.8 Å². The molecule has 0 aliphatic rings. The van der Waals surface area contributed by atoms with Gasteiger partial charge in [-0.1, -0.05) is 109 Å². The topological polar surface area (TPSA) is 8.81 Å². The summed E-state index contributed by atoms with van der Waals surface area (Å²) in [7, 11) is 2.17. The predicted octanol–water partition coefficient (Wildman–Crippen LogP) is 12.2. The molecule has 0 radical (unpaired) electrons. The van der Waals surface area contributed by atoms with Crippen LogP contribution in [-0.4, -0.2) is 4.57 Å². The van der Waals surface area contributed by atoms with Crippen LogP contribution in [0.2, 0.25) is 0 Å². The molecule has 1 aromatic heterocycles. The van der Waals surface area contributed by atoms with Crippen molar-refractivity contribution in [1.82, 2.24) is 4.57 Å². The summed E-state index contributed by atoms with van der Waals surface area (Å²) >= 11 is 0. The molecule has 0 saturated carbocycles. The minimum Gasteiger partial charge on any atom is -0.230 e. The molecule has 0 amide bonds. The zero-order valence-electron chi connectivity index (χ0n) is 28.6. The molecule has 2 heteroatoms. The van der Waals surface area contributed by atoms with Gasteiger partial charge in [0.25, 0.3) is 5.82 Å². The largest absolute Gasteiger partial charge is 0.258 e. The molecule has 50 heavy (non-hydrogen) atoms. The van der Waals surface area contributed by atoms with Gasteiger partial charge in [0.2, 0.25) is 0 Å². The maximum Gasteiger partial charge on any atom is 0.258 e. The van der Waals surface area contributed by atoms with Gasteiger partial charge in [0.05, 0.1) is 7.05 Å². The molecule has 0 unspecified atom stereocenters. The highest BCUT2D eigenvalue weighted by atomic mass is 15.1. The Hall–Kier alpha value is -6.25. The number of imidazole rings is 1. The second kappa shape index (κ2) is 12.0. The molecule has 9 aromatic rings. The molecule has 12 bridgehead atoms. The van der Waals surface area contributed by atoms with E-state index in [2.05, 4.69) is 200 Å². The van der Waals surface area contributed by atoms with E-state index in [1.54, 1.807) is 0 Å². The Morgan fingerprint density at radius 3 is 1.10 bits per heavy atom. The molecule has 0 aliphatic carbocycles. The molecule has 0 saturated heterocycles. The number of rotatable bonds is 2. The molecule has 238 valence electrons. The summed E-state index contributed by atoms with van der Waals surface area (Å²) in [6.07, 6.45) is 2.29. The van der Waals surface area contributed by atoms with E-state index in [9.17, 15) is 0 Å². The van der Waals surface area contributed by atoms with E-state index in [1.807, 2.05) is 0 Å². The number of aromatic nitrogens is 2. The summed E-state index contributed by atoms with van der Waals surface area (Å²) in [5.41, 5.74) is 4.81. The lowest BCUT2D eigenvalue weighted by molar-refractivity contribution is -0.666. The van der Waals surface area contributed by atoms with Gasteiger partial charge in [-0.2, -0.15) is 4.57 Å². The number of benzene rings is 7. The van der Waals surface area contributed by atoms with Crippen molar-refractivity contribution in [3.63, 3.8) is 0 Å². The van der Waals surface area contributed by atoms with E-state index in [0.717, 1.165) is 0 Å². The van der Waals surface area contributed by atoms with Gasteiger partial charge >= 0.3 is 0 Å². The number of aryl methyl sites for hydroxylation is 1.